The topological polar surface area (TPSA) is 33.7 Å². The van der Waals surface area contributed by atoms with E-state index in [-0.39, 0.29) is 24.8 Å². The van der Waals surface area contributed by atoms with Crippen molar-refractivity contribution >= 4 is 24.8 Å². The number of rotatable bonds is 12. The molecule has 0 saturated heterocycles. The summed E-state index contributed by atoms with van der Waals surface area (Å²) in [6.45, 7) is 12.5. The van der Waals surface area contributed by atoms with Gasteiger partial charge in [-0.2, -0.15) is 0 Å². The van der Waals surface area contributed by atoms with Gasteiger partial charge in [0.2, 0.25) is 0 Å². The number of likely N-dealkylation sites (N-methyl/N-ethyl adjacent to an activating group) is 1. The minimum absolute atomic E-state index is 0. The number of hydrogen-bond acceptors (Lipinski definition) is 4. The molecule has 2 rings (SSSR count). The van der Waals surface area contributed by atoms with Crippen LogP contribution in [0, 0.1) is 0 Å². The molecule has 2 aromatic carbocycles. The van der Waals surface area contributed by atoms with Gasteiger partial charge < -0.3 is 19.7 Å². The highest BCUT2D eigenvalue weighted by molar-refractivity contribution is 5.85. The van der Waals surface area contributed by atoms with Crippen LogP contribution < -0.4 is 14.8 Å². The molecule has 0 fully saturated rings. The van der Waals surface area contributed by atoms with Gasteiger partial charge in [0.05, 0.1) is 6.61 Å². The smallest absolute Gasteiger partial charge is 0.166 e. The Labute approximate surface area is 182 Å². The average Bonchev–Trinajstić information content (AvgIpc) is 2.68. The van der Waals surface area contributed by atoms with Gasteiger partial charge in [-0.15, -0.1) is 24.8 Å². The molecular weight excluding hydrogens is 395 g/mol. The summed E-state index contributed by atoms with van der Waals surface area (Å²) in [7, 11) is 0. The number of ether oxygens (including phenoxy) is 2. The van der Waals surface area contributed by atoms with E-state index in [1.807, 2.05) is 37.3 Å². The molecule has 0 aromatic heterocycles. The Bertz CT molecular complexity index is 638. The molecule has 0 aliphatic heterocycles. The maximum absolute atomic E-state index is 6.15. The third kappa shape index (κ3) is 8.70. The molecule has 158 valence electrons. The largest absolute Gasteiger partial charge is 0.490 e. The molecule has 28 heavy (non-hydrogen) atoms. The summed E-state index contributed by atoms with van der Waals surface area (Å²) in [4.78, 5) is 2.41. The van der Waals surface area contributed by atoms with Crippen molar-refractivity contribution in [3.05, 3.63) is 59.7 Å². The van der Waals surface area contributed by atoms with Crippen LogP contribution in [0.15, 0.2) is 48.5 Å². The summed E-state index contributed by atoms with van der Waals surface area (Å²) in [6.07, 6.45) is 0. The molecule has 0 atom stereocenters. The number of halogens is 2. The molecule has 6 heteroatoms. The van der Waals surface area contributed by atoms with Crippen molar-refractivity contribution in [3.8, 4) is 11.5 Å². The minimum Gasteiger partial charge on any atom is -0.490 e. The molecule has 0 aliphatic rings. The first kappa shape index (κ1) is 26.5. The van der Waals surface area contributed by atoms with Gasteiger partial charge in [-0.05, 0) is 31.6 Å². The van der Waals surface area contributed by atoms with Crippen LogP contribution in [0.1, 0.15) is 31.9 Å². The van der Waals surface area contributed by atoms with Crippen molar-refractivity contribution in [2.24, 2.45) is 0 Å². The normalized spacial score (nSPS) is 10.1. The molecule has 0 amide bonds. The quantitative estimate of drug-likeness (QED) is 0.485. The molecule has 0 radical (unpaired) electrons. The zero-order valence-electron chi connectivity index (χ0n) is 17.1. The molecule has 0 saturated carbocycles. The number of nitrogens with one attached hydrogen (secondary N) is 1. The second kappa shape index (κ2) is 15.5. The van der Waals surface area contributed by atoms with Gasteiger partial charge in [-0.3, -0.25) is 0 Å². The van der Waals surface area contributed by atoms with E-state index in [2.05, 4.69) is 42.3 Å². The van der Waals surface area contributed by atoms with E-state index in [9.17, 15) is 0 Å². The average molecular weight is 429 g/mol. The molecule has 1 N–H and O–H groups in total. The number of hydrogen-bond donors (Lipinski definition) is 1. The van der Waals surface area contributed by atoms with Crippen molar-refractivity contribution in [1.82, 2.24) is 10.2 Å². The standard InChI is InChI=1S/C22H32N2O2.2ClH/c1-4-24(5-2)16-15-23-17-20-13-10-14-21(25-6-3)22(20)26-18-19-11-8-7-9-12-19;;/h7-14,23H,4-6,15-18H2,1-3H3;2*1H. The Morgan fingerprint density at radius 3 is 2.21 bits per heavy atom. The maximum Gasteiger partial charge on any atom is 0.166 e. The Morgan fingerprint density at radius 2 is 1.57 bits per heavy atom. The Morgan fingerprint density at radius 1 is 0.857 bits per heavy atom. The maximum atomic E-state index is 6.15. The predicted octanol–water partition coefficient (Wildman–Crippen LogP) is 4.94. The van der Waals surface area contributed by atoms with Gasteiger partial charge in [0.25, 0.3) is 0 Å². The Hall–Kier alpha value is -1.46. The van der Waals surface area contributed by atoms with E-state index in [4.69, 9.17) is 9.47 Å². The van der Waals surface area contributed by atoms with E-state index >= 15 is 0 Å². The molecule has 4 nitrogen and oxygen atoms in total. The number of nitrogens with zero attached hydrogens (tertiary/aromatic N) is 1. The second-order valence-electron chi connectivity index (χ2n) is 6.16. The second-order valence-corrected chi connectivity index (χ2v) is 6.16. The van der Waals surface area contributed by atoms with Gasteiger partial charge in [-0.25, -0.2) is 0 Å². The van der Waals surface area contributed by atoms with Gasteiger partial charge in [-0.1, -0.05) is 56.3 Å². The summed E-state index contributed by atoms with van der Waals surface area (Å²) in [5.41, 5.74) is 2.28. The summed E-state index contributed by atoms with van der Waals surface area (Å²) in [5, 5.41) is 3.53. The van der Waals surface area contributed by atoms with E-state index in [0.29, 0.717) is 13.2 Å². The van der Waals surface area contributed by atoms with Crippen molar-refractivity contribution in [2.75, 3.05) is 32.8 Å². The van der Waals surface area contributed by atoms with E-state index in [1.54, 1.807) is 0 Å². The summed E-state index contributed by atoms with van der Waals surface area (Å²) in [6, 6.07) is 16.3. The van der Waals surface area contributed by atoms with Gasteiger partial charge in [0.15, 0.2) is 11.5 Å². The molecule has 0 aliphatic carbocycles. The van der Waals surface area contributed by atoms with Crippen LogP contribution in [0.3, 0.4) is 0 Å². The molecule has 2 aromatic rings. The summed E-state index contributed by atoms with van der Waals surface area (Å²) >= 11 is 0. The third-order valence-corrected chi connectivity index (χ3v) is 4.40. The van der Waals surface area contributed by atoms with Crippen molar-refractivity contribution < 1.29 is 9.47 Å². The lowest BCUT2D eigenvalue weighted by Crippen LogP contribution is -2.31. The summed E-state index contributed by atoms with van der Waals surface area (Å²) in [5.74, 6) is 1.65. The van der Waals surface area contributed by atoms with E-state index < -0.39 is 0 Å². The van der Waals surface area contributed by atoms with E-state index in [0.717, 1.165) is 55.3 Å². The van der Waals surface area contributed by atoms with Crippen LogP contribution in [0.4, 0.5) is 0 Å². The first-order valence-electron chi connectivity index (χ1n) is 9.62. The van der Waals surface area contributed by atoms with Crippen LogP contribution in [0.2, 0.25) is 0 Å². The molecule has 0 bridgehead atoms. The predicted molar refractivity (Wildman–Crippen MR) is 122 cm³/mol. The van der Waals surface area contributed by atoms with Gasteiger partial charge in [0.1, 0.15) is 6.61 Å². The molecule has 0 unspecified atom stereocenters. The summed E-state index contributed by atoms with van der Waals surface area (Å²) < 4.78 is 11.9. The Kier molecular flexibility index (Phi) is 14.7. The first-order valence-corrected chi connectivity index (χ1v) is 9.62. The fraction of sp³-hybridized carbons (Fsp3) is 0.455. The minimum atomic E-state index is 0. The highest BCUT2D eigenvalue weighted by atomic mass is 35.5. The zero-order valence-corrected chi connectivity index (χ0v) is 18.8. The monoisotopic (exact) mass is 428 g/mol. The van der Waals surface area contributed by atoms with Gasteiger partial charge in [0, 0.05) is 25.2 Å². The van der Waals surface area contributed by atoms with Gasteiger partial charge >= 0.3 is 0 Å². The zero-order chi connectivity index (χ0) is 18.6. The number of benzene rings is 2. The van der Waals surface area contributed by atoms with Crippen molar-refractivity contribution in [1.29, 1.82) is 0 Å². The lowest BCUT2D eigenvalue weighted by Gasteiger charge is -2.19. The Balaban J connectivity index is 0.00000364. The van der Waals surface area contributed by atoms with Crippen LogP contribution >= 0.6 is 24.8 Å². The fourth-order valence-corrected chi connectivity index (χ4v) is 2.86. The highest BCUT2D eigenvalue weighted by Crippen LogP contribution is 2.32. The van der Waals surface area contributed by atoms with Crippen LogP contribution in [0.25, 0.3) is 0 Å². The van der Waals surface area contributed by atoms with Crippen molar-refractivity contribution in [3.63, 3.8) is 0 Å². The third-order valence-electron chi connectivity index (χ3n) is 4.40. The highest BCUT2D eigenvalue weighted by Gasteiger charge is 2.11. The molecule has 0 heterocycles. The van der Waals surface area contributed by atoms with Crippen molar-refractivity contribution in [2.45, 2.75) is 33.9 Å². The van der Waals surface area contributed by atoms with Crippen LogP contribution in [0.5, 0.6) is 11.5 Å². The SMILES string of the molecule is CCOc1cccc(CNCCN(CC)CC)c1OCc1ccccc1.Cl.Cl. The lowest BCUT2D eigenvalue weighted by molar-refractivity contribution is 0.265. The van der Waals surface area contributed by atoms with Crippen LogP contribution in [-0.2, 0) is 13.2 Å². The fourth-order valence-electron chi connectivity index (χ4n) is 2.86. The number of para-hydroxylation sites is 1. The lowest BCUT2D eigenvalue weighted by atomic mass is 10.1. The first-order chi connectivity index (χ1) is 12.8. The van der Waals surface area contributed by atoms with Crippen LogP contribution in [-0.4, -0.2) is 37.7 Å². The van der Waals surface area contributed by atoms with E-state index in [1.165, 1.54) is 0 Å². The molecule has 0 spiro atoms. The molecular formula is C22H34Cl2N2O2.